The molecule has 0 aliphatic carbocycles. The summed E-state index contributed by atoms with van der Waals surface area (Å²) < 4.78 is 55.5. The van der Waals surface area contributed by atoms with E-state index in [1.807, 2.05) is 0 Å². The SMILES string of the molecule is CO[C](=[Cr])c1ccc(F)cc1.[C-]#[O+].[C-]#[O+].[C-]#[O+].[C-]#[O+].[C-]#[O+]. The predicted octanol–water partition coefficient (Wildman–Crippen LogP) is 1.31. The number of ether oxygens (including phenoxy) is 1. The molecule has 0 N–H and O–H groups in total. The summed E-state index contributed by atoms with van der Waals surface area (Å²) in [4.78, 5) is 0. The van der Waals surface area contributed by atoms with Gasteiger partial charge in [0.05, 0.1) is 0 Å². The van der Waals surface area contributed by atoms with Crippen molar-refractivity contribution in [1.82, 2.24) is 0 Å². The molecule has 0 saturated carbocycles. The molecule has 0 aliphatic rings. The van der Waals surface area contributed by atoms with E-state index in [0.29, 0.717) is 4.57 Å². The number of hydrogen-bond acceptors (Lipinski definition) is 1. The Morgan fingerprint density at radius 1 is 0.857 bits per heavy atom. The number of rotatable bonds is 2. The van der Waals surface area contributed by atoms with Crippen molar-refractivity contribution in [1.29, 1.82) is 0 Å². The van der Waals surface area contributed by atoms with Crippen LogP contribution in [0.3, 0.4) is 0 Å². The van der Waals surface area contributed by atoms with Gasteiger partial charge in [-0.2, -0.15) is 0 Å². The fourth-order valence-corrected chi connectivity index (χ4v) is 0.916. The van der Waals surface area contributed by atoms with Gasteiger partial charge in [0.25, 0.3) is 0 Å². The Morgan fingerprint density at radius 3 is 1.38 bits per heavy atom. The molecule has 0 unspecified atom stereocenters. The van der Waals surface area contributed by atoms with Crippen molar-refractivity contribution in [3.05, 3.63) is 68.9 Å². The van der Waals surface area contributed by atoms with Crippen LogP contribution in [0.4, 0.5) is 4.39 Å². The normalized spacial score (nSPS) is 5.52. The van der Waals surface area contributed by atoms with Crippen molar-refractivity contribution in [2.24, 2.45) is 0 Å². The van der Waals surface area contributed by atoms with Crippen LogP contribution < -0.4 is 0 Å². The van der Waals surface area contributed by atoms with Crippen molar-refractivity contribution in [2.45, 2.75) is 0 Å². The summed E-state index contributed by atoms with van der Waals surface area (Å²) in [6, 6.07) is 6.10. The Morgan fingerprint density at radius 2 is 1.14 bits per heavy atom. The fraction of sp³-hybridized carbons (Fsp3) is 0.0769. The number of methoxy groups -OCH3 is 1. The van der Waals surface area contributed by atoms with Crippen LogP contribution >= 0.6 is 0 Å². The molecule has 0 aliphatic heterocycles. The van der Waals surface area contributed by atoms with Crippen molar-refractivity contribution in [3.8, 4) is 0 Å². The Kier molecular flexibility index (Phi) is 54.4. The second-order valence-corrected chi connectivity index (χ2v) is 2.58. The van der Waals surface area contributed by atoms with Gasteiger partial charge in [0, 0.05) is 0 Å². The molecule has 0 heterocycles. The zero-order chi connectivity index (χ0) is 18.3. The summed E-state index contributed by atoms with van der Waals surface area (Å²) in [5, 5.41) is 0. The van der Waals surface area contributed by atoms with Crippen LogP contribution in [0.25, 0.3) is 0 Å². The van der Waals surface area contributed by atoms with E-state index in [9.17, 15) is 4.39 Å². The second kappa shape index (κ2) is 36.2. The standard InChI is InChI=1S/C8H7FO.5CO.Cr/c1-10-6-7-2-4-8(9)5-3-7;5*1-2;/h2-5H,1H3;;;;;;. The molecule has 21 heavy (non-hydrogen) atoms. The zero-order valence-corrected chi connectivity index (χ0v) is 11.8. The Hall–Kier alpha value is -1.79. The molecule has 0 radical (unpaired) electrons. The topological polar surface area (TPSA) is 109 Å². The first-order valence-corrected chi connectivity index (χ1v) is 4.73. The summed E-state index contributed by atoms with van der Waals surface area (Å²) >= 11 is 2.73. The van der Waals surface area contributed by atoms with Crippen LogP contribution in [0.5, 0.6) is 0 Å². The molecule has 0 bridgehead atoms. The quantitative estimate of drug-likeness (QED) is 0.591. The first kappa shape index (κ1) is 31.5. The second-order valence-electron chi connectivity index (χ2n) is 2.00. The van der Waals surface area contributed by atoms with E-state index < -0.39 is 0 Å². The molecule has 0 fully saturated rings. The van der Waals surface area contributed by atoms with Crippen LogP contribution in [0, 0.1) is 39.1 Å². The van der Waals surface area contributed by atoms with Gasteiger partial charge in [-0.1, -0.05) is 0 Å². The fourth-order valence-electron chi connectivity index (χ4n) is 0.704. The third kappa shape index (κ3) is 23.7. The van der Waals surface area contributed by atoms with Crippen LogP contribution in [0.2, 0.25) is 0 Å². The van der Waals surface area contributed by atoms with Crippen LogP contribution in [-0.4, -0.2) is 11.7 Å². The van der Waals surface area contributed by atoms with Crippen LogP contribution in [0.1, 0.15) is 5.56 Å². The van der Waals surface area contributed by atoms with Gasteiger partial charge >= 0.3 is 129 Å². The van der Waals surface area contributed by atoms with E-state index >= 15 is 0 Å². The van der Waals surface area contributed by atoms with E-state index in [-0.39, 0.29) is 5.82 Å². The van der Waals surface area contributed by atoms with Gasteiger partial charge in [-0.05, 0) is 0 Å². The number of hydrogen-bond donors (Lipinski definition) is 0. The molecule has 1 rings (SSSR count). The third-order valence-corrected chi connectivity index (χ3v) is 1.89. The van der Waals surface area contributed by atoms with E-state index in [1.54, 1.807) is 19.2 Å². The van der Waals surface area contributed by atoms with Gasteiger partial charge in [0.1, 0.15) is 0 Å². The molecule has 108 valence electrons. The van der Waals surface area contributed by atoms with Gasteiger partial charge in [-0.15, -0.1) is 0 Å². The minimum atomic E-state index is -0.238. The Labute approximate surface area is 129 Å². The first-order chi connectivity index (χ1) is 10.2. The molecular formula is C13H7CrFO6. The summed E-state index contributed by atoms with van der Waals surface area (Å²) in [5.41, 5.74) is 0.855. The van der Waals surface area contributed by atoms with Gasteiger partial charge in [0.15, 0.2) is 0 Å². The Bertz CT molecular complexity index is 410. The van der Waals surface area contributed by atoms with Crippen molar-refractivity contribution in [2.75, 3.05) is 7.11 Å². The summed E-state index contributed by atoms with van der Waals surface area (Å²) in [6.07, 6.45) is 0. The maximum atomic E-state index is 12.4. The molecule has 6 nitrogen and oxygen atoms in total. The third-order valence-electron chi connectivity index (χ3n) is 1.27. The van der Waals surface area contributed by atoms with Crippen molar-refractivity contribution in [3.63, 3.8) is 0 Å². The molecule has 1 aromatic carbocycles. The van der Waals surface area contributed by atoms with E-state index in [4.69, 9.17) is 28.0 Å². The zero-order valence-electron chi connectivity index (χ0n) is 10.5. The van der Waals surface area contributed by atoms with E-state index in [1.165, 1.54) is 12.1 Å². The van der Waals surface area contributed by atoms with Gasteiger partial charge in [-0.3, -0.25) is 0 Å². The van der Waals surface area contributed by atoms with Crippen LogP contribution in [-0.2, 0) is 43.8 Å². The van der Waals surface area contributed by atoms with Gasteiger partial charge < -0.3 is 0 Å². The average molecular weight is 330 g/mol. The average Bonchev–Trinajstić information content (AvgIpc) is 2.63. The molecule has 8 heteroatoms. The first-order valence-electron chi connectivity index (χ1n) is 4.10. The van der Waals surface area contributed by atoms with Gasteiger partial charge in [-0.25, -0.2) is 0 Å². The van der Waals surface area contributed by atoms with Gasteiger partial charge in [0.2, 0.25) is 0 Å². The van der Waals surface area contributed by atoms with E-state index in [2.05, 4.69) is 49.1 Å². The molecule has 0 saturated heterocycles. The summed E-state index contributed by atoms with van der Waals surface area (Å²) in [5.74, 6) is -0.238. The molecule has 0 amide bonds. The predicted molar refractivity (Wildman–Crippen MR) is 57.2 cm³/mol. The molecule has 0 aromatic heterocycles. The number of halogens is 1. The van der Waals surface area contributed by atoms with E-state index in [0.717, 1.165) is 5.56 Å². The molecule has 1 aromatic rings. The monoisotopic (exact) mass is 330 g/mol. The number of benzene rings is 1. The molecular weight excluding hydrogens is 323 g/mol. The molecule has 0 atom stereocenters. The minimum absolute atomic E-state index is 0.238. The van der Waals surface area contributed by atoms with Crippen molar-refractivity contribution >= 4 is 4.57 Å². The van der Waals surface area contributed by atoms with Crippen molar-refractivity contribution < 1.29 is 48.2 Å². The maximum absolute atomic E-state index is 12.4. The summed E-state index contributed by atoms with van der Waals surface area (Å²) in [7, 11) is 1.56. The molecule has 0 spiro atoms. The summed E-state index contributed by atoms with van der Waals surface area (Å²) in [6.45, 7) is 22.5. The Balaban J connectivity index is -0.0000000727. The van der Waals surface area contributed by atoms with Crippen LogP contribution in [0.15, 0.2) is 24.3 Å².